The van der Waals surface area contributed by atoms with Crippen molar-refractivity contribution in [3.05, 3.63) is 176 Å². The van der Waals surface area contributed by atoms with Gasteiger partial charge in [-0.25, -0.2) is 4.98 Å². The van der Waals surface area contributed by atoms with Crippen molar-refractivity contribution in [3.8, 4) is 45.3 Å². The minimum atomic E-state index is 0.608. The van der Waals surface area contributed by atoms with Crippen molar-refractivity contribution >= 4 is 43.6 Å². The second-order valence-corrected chi connectivity index (χ2v) is 12.9. The number of aromatic nitrogens is 5. The van der Waals surface area contributed by atoms with E-state index in [2.05, 4.69) is 149 Å². The van der Waals surface area contributed by atoms with Gasteiger partial charge in [-0.1, -0.05) is 133 Å². The third-order valence-corrected chi connectivity index (χ3v) is 9.88. The van der Waals surface area contributed by atoms with Gasteiger partial charge in [0.1, 0.15) is 5.82 Å². The Morgan fingerprint density at radius 2 is 0.961 bits per heavy atom. The molecule has 5 heteroatoms. The molecule has 3 heterocycles. The molecule has 0 fully saturated rings. The van der Waals surface area contributed by atoms with E-state index < -0.39 is 0 Å². The van der Waals surface area contributed by atoms with Crippen molar-refractivity contribution in [3.63, 3.8) is 0 Å². The van der Waals surface area contributed by atoms with E-state index in [9.17, 15) is 0 Å². The van der Waals surface area contributed by atoms with E-state index >= 15 is 0 Å². The first kappa shape index (κ1) is 29.1. The van der Waals surface area contributed by atoms with E-state index in [0.29, 0.717) is 17.6 Å². The van der Waals surface area contributed by atoms with E-state index in [-0.39, 0.29) is 0 Å². The summed E-state index contributed by atoms with van der Waals surface area (Å²) in [5.74, 6) is 1.94. The fourth-order valence-electron chi connectivity index (χ4n) is 7.60. The maximum atomic E-state index is 5.07. The Kier molecular flexibility index (Phi) is 6.64. The van der Waals surface area contributed by atoms with Gasteiger partial charge in [-0.2, -0.15) is 9.97 Å². The lowest BCUT2D eigenvalue weighted by atomic mass is 10.00. The second kappa shape index (κ2) is 11.6. The minimum absolute atomic E-state index is 0.608. The summed E-state index contributed by atoms with van der Waals surface area (Å²) in [6.07, 6.45) is 0. The molecule has 0 N–H and O–H groups in total. The molecular formula is C46H31N5. The van der Waals surface area contributed by atoms with Gasteiger partial charge in [-0.05, 0) is 60.0 Å². The molecule has 0 amide bonds. The van der Waals surface area contributed by atoms with Crippen LogP contribution in [0.1, 0.15) is 5.82 Å². The van der Waals surface area contributed by atoms with Gasteiger partial charge >= 0.3 is 0 Å². The van der Waals surface area contributed by atoms with Crippen LogP contribution in [-0.2, 0) is 0 Å². The van der Waals surface area contributed by atoms with E-state index in [1.807, 2.05) is 37.3 Å². The molecule has 0 bridgehead atoms. The Labute approximate surface area is 294 Å². The van der Waals surface area contributed by atoms with Crippen LogP contribution in [0.5, 0.6) is 0 Å². The van der Waals surface area contributed by atoms with E-state index in [0.717, 1.165) is 44.2 Å². The topological polar surface area (TPSA) is 48.5 Å². The van der Waals surface area contributed by atoms with Crippen LogP contribution in [0.3, 0.4) is 0 Å². The van der Waals surface area contributed by atoms with Gasteiger partial charge in [-0.3, -0.25) is 4.57 Å². The average Bonchev–Trinajstić information content (AvgIpc) is 3.71. The second-order valence-electron chi connectivity index (χ2n) is 12.9. The first-order valence-electron chi connectivity index (χ1n) is 17.2. The largest absolute Gasteiger partial charge is 0.309 e. The Morgan fingerprint density at radius 3 is 1.71 bits per heavy atom. The Morgan fingerprint density at radius 1 is 0.392 bits per heavy atom. The van der Waals surface area contributed by atoms with Crippen molar-refractivity contribution in [1.82, 2.24) is 24.1 Å². The molecule has 240 valence electrons. The van der Waals surface area contributed by atoms with Crippen LogP contribution >= 0.6 is 0 Å². The van der Waals surface area contributed by atoms with Crippen LogP contribution in [0.15, 0.2) is 170 Å². The van der Waals surface area contributed by atoms with Gasteiger partial charge in [0, 0.05) is 38.4 Å². The SMILES string of the molecule is Cc1nc(-c2ccccc2)nc(-n2c3ccccc3c3cccc(-c4ccc5c(c4)c4ccccc4n5-c4ccc(-c5ccccc5)cc4)c32)n1. The van der Waals surface area contributed by atoms with E-state index in [1.54, 1.807) is 0 Å². The molecule has 0 unspecified atom stereocenters. The molecule has 0 saturated heterocycles. The molecule has 5 nitrogen and oxygen atoms in total. The van der Waals surface area contributed by atoms with Crippen molar-refractivity contribution in [2.45, 2.75) is 6.92 Å². The fraction of sp³-hybridized carbons (Fsp3) is 0.0217. The number of para-hydroxylation sites is 3. The maximum Gasteiger partial charge on any atom is 0.238 e. The number of fused-ring (bicyclic) bond motifs is 6. The molecule has 10 aromatic rings. The van der Waals surface area contributed by atoms with Gasteiger partial charge in [-0.15, -0.1) is 0 Å². The number of rotatable bonds is 5. The Balaban J connectivity index is 1.19. The minimum Gasteiger partial charge on any atom is -0.309 e. The molecule has 0 saturated carbocycles. The molecule has 0 radical (unpaired) electrons. The van der Waals surface area contributed by atoms with Crippen molar-refractivity contribution in [2.24, 2.45) is 0 Å². The monoisotopic (exact) mass is 653 g/mol. The summed E-state index contributed by atoms with van der Waals surface area (Å²) in [5.41, 5.74) is 11.2. The summed E-state index contributed by atoms with van der Waals surface area (Å²) in [5, 5.41) is 4.74. The number of nitrogens with zero attached hydrogens (tertiary/aromatic N) is 5. The fourth-order valence-corrected chi connectivity index (χ4v) is 7.60. The first-order chi connectivity index (χ1) is 25.2. The van der Waals surface area contributed by atoms with Crippen molar-refractivity contribution in [1.29, 1.82) is 0 Å². The molecule has 7 aromatic carbocycles. The summed E-state index contributed by atoms with van der Waals surface area (Å²) < 4.78 is 4.59. The lowest BCUT2D eigenvalue weighted by Crippen LogP contribution is -2.06. The number of benzene rings is 7. The average molecular weight is 654 g/mol. The molecule has 10 rings (SSSR count). The highest BCUT2D eigenvalue weighted by Crippen LogP contribution is 2.40. The molecule has 0 spiro atoms. The third-order valence-electron chi connectivity index (χ3n) is 9.88. The highest BCUT2D eigenvalue weighted by molar-refractivity contribution is 6.15. The standard InChI is InChI=1S/C46H31N5/c1-30-47-45(33-15-6-3-7-16-33)49-46(48-30)51-42-22-11-8-17-37(42)39-20-12-19-36(44(39)51)34-25-28-43-40(29-34)38-18-9-10-21-41(38)50(43)35-26-23-32(24-27-35)31-13-4-2-5-14-31/h2-29H,1H3. The van der Waals surface area contributed by atoms with E-state index in [4.69, 9.17) is 15.0 Å². The molecular weight excluding hydrogens is 623 g/mol. The third kappa shape index (κ3) is 4.74. The summed E-state index contributed by atoms with van der Waals surface area (Å²) in [6.45, 7) is 1.94. The zero-order valence-electron chi connectivity index (χ0n) is 27.9. The Hall–Kier alpha value is -6.85. The predicted molar refractivity (Wildman–Crippen MR) is 210 cm³/mol. The van der Waals surface area contributed by atoms with Gasteiger partial charge < -0.3 is 4.57 Å². The normalized spacial score (nSPS) is 11.6. The summed E-state index contributed by atoms with van der Waals surface area (Å²) >= 11 is 0. The molecule has 3 aromatic heterocycles. The number of aryl methyl sites for hydroxylation is 1. The lowest BCUT2D eigenvalue weighted by molar-refractivity contribution is 0.907. The highest BCUT2D eigenvalue weighted by Gasteiger charge is 2.20. The molecule has 51 heavy (non-hydrogen) atoms. The summed E-state index contributed by atoms with van der Waals surface area (Å²) in [6, 6.07) is 60.2. The van der Waals surface area contributed by atoms with Gasteiger partial charge in [0.25, 0.3) is 0 Å². The van der Waals surface area contributed by atoms with Crippen LogP contribution in [-0.4, -0.2) is 24.1 Å². The maximum absolute atomic E-state index is 5.07. The van der Waals surface area contributed by atoms with E-state index in [1.165, 1.54) is 32.9 Å². The van der Waals surface area contributed by atoms with Crippen LogP contribution in [0.25, 0.3) is 88.9 Å². The molecule has 0 atom stereocenters. The Bertz CT molecular complexity index is 2900. The summed E-state index contributed by atoms with van der Waals surface area (Å²) in [4.78, 5) is 14.7. The zero-order valence-corrected chi connectivity index (χ0v) is 27.9. The summed E-state index contributed by atoms with van der Waals surface area (Å²) in [7, 11) is 0. The van der Waals surface area contributed by atoms with Crippen molar-refractivity contribution in [2.75, 3.05) is 0 Å². The van der Waals surface area contributed by atoms with Gasteiger partial charge in [0.2, 0.25) is 5.95 Å². The molecule has 0 aliphatic rings. The molecule has 0 aliphatic carbocycles. The van der Waals surface area contributed by atoms with Crippen LogP contribution in [0.4, 0.5) is 0 Å². The van der Waals surface area contributed by atoms with Gasteiger partial charge in [0.05, 0.1) is 22.1 Å². The van der Waals surface area contributed by atoms with Gasteiger partial charge in [0.15, 0.2) is 5.82 Å². The first-order valence-corrected chi connectivity index (χ1v) is 17.2. The van der Waals surface area contributed by atoms with Crippen molar-refractivity contribution < 1.29 is 0 Å². The zero-order chi connectivity index (χ0) is 33.9. The lowest BCUT2D eigenvalue weighted by Gasteiger charge is -2.12. The van der Waals surface area contributed by atoms with Crippen LogP contribution in [0.2, 0.25) is 0 Å². The highest BCUT2D eigenvalue weighted by atomic mass is 15.2. The number of hydrogen-bond donors (Lipinski definition) is 0. The smallest absolute Gasteiger partial charge is 0.238 e. The number of hydrogen-bond acceptors (Lipinski definition) is 3. The molecule has 0 aliphatic heterocycles. The quantitative estimate of drug-likeness (QED) is 0.186. The van der Waals surface area contributed by atoms with Crippen LogP contribution < -0.4 is 0 Å². The van der Waals surface area contributed by atoms with Crippen LogP contribution in [0, 0.1) is 6.92 Å². The predicted octanol–water partition coefficient (Wildman–Crippen LogP) is 11.4.